The standard InChI is InChI=1S/C14H19F4N3O3S/c1-24-12-8-10(2-3-11(12)15)25(22,23)20-9-13(14(16,17)18)21-6-4-19-5-7-21/h2-3,8,13,19-20H,4-7,9H2,1H3. The third-order valence-corrected chi connectivity index (χ3v) is 5.29. The van der Waals surface area contributed by atoms with Gasteiger partial charge < -0.3 is 10.1 Å². The summed E-state index contributed by atoms with van der Waals surface area (Å²) in [6, 6.07) is 0.829. The van der Waals surface area contributed by atoms with Crippen LogP contribution in [0.2, 0.25) is 0 Å². The number of nitrogens with zero attached hydrogens (tertiary/aromatic N) is 1. The van der Waals surface area contributed by atoms with E-state index in [2.05, 4.69) is 5.32 Å². The van der Waals surface area contributed by atoms with Crippen LogP contribution >= 0.6 is 0 Å². The van der Waals surface area contributed by atoms with Crippen LogP contribution < -0.4 is 14.8 Å². The van der Waals surface area contributed by atoms with Crippen molar-refractivity contribution in [1.82, 2.24) is 14.9 Å². The molecule has 1 aromatic carbocycles. The number of ether oxygens (including phenoxy) is 1. The summed E-state index contributed by atoms with van der Waals surface area (Å²) < 4.78 is 84.4. The first-order chi connectivity index (χ1) is 11.6. The molecule has 0 aliphatic carbocycles. The van der Waals surface area contributed by atoms with Crippen LogP contribution in [0.25, 0.3) is 0 Å². The van der Waals surface area contributed by atoms with Crippen molar-refractivity contribution in [2.45, 2.75) is 17.1 Å². The van der Waals surface area contributed by atoms with Gasteiger partial charge in [0.25, 0.3) is 0 Å². The average molecular weight is 385 g/mol. The molecule has 1 heterocycles. The van der Waals surface area contributed by atoms with Gasteiger partial charge in [-0.15, -0.1) is 0 Å². The van der Waals surface area contributed by atoms with E-state index in [1.165, 1.54) is 4.90 Å². The molecule has 1 unspecified atom stereocenters. The van der Waals surface area contributed by atoms with Crippen LogP contribution in [-0.2, 0) is 10.0 Å². The molecule has 1 aliphatic rings. The van der Waals surface area contributed by atoms with E-state index in [4.69, 9.17) is 4.74 Å². The summed E-state index contributed by atoms with van der Waals surface area (Å²) in [5.41, 5.74) is 0. The molecule has 1 saturated heterocycles. The summed E-state index contributed by atoms with van der Waals surface area (Å²) in [5, 5.41) is 2.94. The lowest BCUT2D eigenvalue weighted by atomic mass is 10.2. The normalized spacial score (nSPS) is 18.1. The zero-order valence-corrected chi connectivity index (χ0v) is 14.3. The second-order valence-corrected chi connectivity index (χ2v) is 7.26. The smallest absolute Gasteiger partial charge is 0.405 e. The molecule has 0 aromatic heterocycles. The monoisotopic (exact) mass is 385 g/mol. The molecule has 0 radical (unpaired) electrons. The Bertz CT molecular complexity index is 691. The van der Waals surface area contributed by atoms with Crippen LogP contribution in [0.3, 0.4) is 0 Å². The predicted molar refractivity (Wildman–Crippen MR) is 82.4 cm³/mol. The summed E-state index contributed by atoms with van der Waals surface area (Å²) >= 11 is 0. The average Bonchev–Trinajstić information content (AvgIpc) is 2.55. The molecule has 1 aliphatic heterocycles. The Labute approximate surface area is 143 Å². The molecule has 0 spiro atoms. The predicted octanol–water partition coefficient (Wildman–Crippen LogP) is 0.949. The fourth-order valence-corrected chi connectivity index (χ4v) is 3.58. The second kappa shape index (κ2) is 7.85. The summed E-state index contributed by atoms with van der Waals surface area (Å²) in [4.78, 5) is 0.816. The van der Waals surface area contributed by atoms with Crippen LogP contribution in [0.4, 0.5) is 17.6 Å². The highest BCUT2D eigenvalue weighted by atomic mass is 32.2. The van der Waals surface area contributed by atoms with E-state index in [1.807, 2.05) is 4.72 Å². The molecule has 1 aromatic rings. The molecule has 2 rings (SSSR count). The third-order valence-electron chi connectivity index (χ3n) is 3.87. The number of alkyl halides is 3. The van der Waals surface area contributed by atoms with Gasteiger partial charge in [-0.3, -0.25) is 4.90 Å². The van der Waals surface area contributed by atoms with Crippen LogP contribution in [0.1, 0.15) is 0 Å². The van der Waals surface area contributed by atoms with E-state index in [0.717, 1.165) is 25.3 Å². The maximum Gasteiger partial charge on any atom is 0.405 e. The Morgan fingerprint density at radius 2 is 1.96 bits per heavy atom. The Morgan fingerprint density at radius 1 is 1.32 bits per heavy atom. The SMILES string of the molecule is COc1cc(S(=O)(=O)NCC(N2CCNCC2)C(F)(F)F)ccc1F. The number of nitrogens with one attached hydrogen (secondary N) is 2. The molecule has 25 heavy (non-hydrogen) atoms. The van der Waals surface area contributed by atoms with Crippen molar-refractivity contribution >= 4 is 10.0 Å². The highest BCUT2D eigenvalue weighted by Crippen LogP contribution is 2.26. The molecule has 2 N–H and O–H groups in total. The zero-order valence-electron chi connectivity index (χ0n) is 13.4. The first-order valence-corrected chi connectivity index (χ1v) is 8.98. The summed E-state index contributed by atoms with van der Waals surface area (Å²) in [5.74, 6) is -1.08. The number of piperazine rings is 1. The number of methoxy groups -OCH3 is 1. The summed E-state index contributed by atoms with van der Waals surface area (Å²) in [7, 11) is -3.08. The fraction of sp³-hybridized carbons (Fsp3) is 0.571. The van der Waals surface area contributed by atoms with Gasteiger partial charge in [0.15, 0.2) is 11.6 Å². The minimum Gasteiger partial charge on any atom is -0.494 e. The Morgan fingerprint density at radius 3 is 2.52 bits per heavy atom. The van der Waals surface area contributed by atoms with Crippen molar-refractivity contribution in [2.75, 3.05) is 39.8 Å². The molecular weight excluding hydrogens is 366 g/mol. The highest BCUT2D eigenvalue weighted by Gasteiger charge is 2.44. The van der Waals surface area contributed by atoms with Gasteiger partial charge in [-0.2, -0.15) is 13.2 Å². The molecule has 1 fully saturated rings. The highest BCUT2D eigenvalue weighted by molar-refractivity contribution is 7.89. The number of sulfonamides is 1. The van der Waals surface area contributed by atoms with E-state index < -0.39 is 34.6 Å². The summed E-state index contributed by atoms with van der Waals surface area (Å²) in [6.07, 6.45) is -4.58. The Hall–Kier alpha value is -1.43. The lowest BCUT2D eigenvalue weighted by Gasteiger charge is -2.35. The second-order valence-electron chi connectivity index (χ2n) is 5.49. The van der Waals surface area contributed by atoms with Crippen LogP contribution in [0.15, 0.2) is 23.1 Å². The fourth-order valence-electron chi connectivity index (χ4n) is 2.52. The quantitative estimate of drug-likeness (QED) is 0.714. The minimum absolute atomic E-state index is 0.163. The molecule has 1 atom stereocenters. The Balaban J connectivity index is 2.15. The van der Waals surface area contributed by atoms with Crippen LogP contribution in [0, 0.1) is 5.82 Å². The van der Waals surface area contributed by atoms with E-state index in [1.54, 1.807) is 0 Å². The third kappa shape index (κ3) is 5.03. The van der Waals surface area contributed by atoms with Crippen molar-refractivity contribution in [3.63, 3.8) is 0 Å². The molecule has 142 valence electrons. The number of halogens is 4. The van der Waals surface area contributed by atoms with Crippen molar-refractivity contribution in [1.29, 1.82) is 0 Å². The maximum atomic E-state index is 13.4. The summed E-state index contributed by atoms with van der Waals surface area (Å²) in [6.45, 7) is 0.293. The van der Waals surface area contributed by atoms with Crippen molar-refractivity contribution < 1.29 is 30.7 Å². The number of hydrogen-bond donors (Lipinski definition) is 2. The topological polar surface area (TPSA) is 70.7 Å². The van der Waals surface area contributed by atoms with Gasteiger partial charge in [-0.05, 0) is 12.1 Å². The van der Waals surface area contributed by atoms with Gasteiger partial charge >= 0.3 is 6.18 Å². The van der Waals surface area contributed by atoms with Gasteiger partial charge in [0.05, 0.1) is 12.0 Å². The lowest BCUT2D eigenvalue weighted by Crippen LogP contribution is -2.57. The van der Waals surface area contributed by atoms with Crippen molar-refractivity contribution in [2.24, 2.45) is 0 Å². The van der Waals surface area contributed by atoms with Gasteiger partial charge in [0.1, 0.15) is 6.04 Å². The Kier molecular flexibility index (Phi) is 6.25. The van der Waals surface area contributed by atoms with Gasteiger partial charge in [0, 0.05) is 38.8 Å². The molecule has 11 heteroatoms. The van der Waals surface area contributed by atoms with Crippen molar-refractivity contribution in [3.8, 4) is 5.75 Å². The molecular formula is C14H19F4N3O3S. The first kappa shape index (κ1) is 19.9. The zero-order chi connectivity index (χ0) is 18.7. The van der Waals surface area contributed by atoms with E-state index >= 15 is 0 Å². The molecule has 0 saturated carbocycles. The molecule has 0 amide bonds. The number of rotatable bonds is 6. The van der Waals surface area contributed by atoms with Gasteiger partial charge in [0.2, 0.25) is 10.0 Å². The number of hydrogen-bond acceptors (Lipinski definition) is 5. The lowest BCUT2D eigenvalue weighted by molar-refractivity contribution is -0.182. The van der Waals surface area contributed by atoms with E-state index in [0.29, 0.717) is 13.1 Å². The van der Waals surface area contributed by atoms with Gasteiger partial charge in [-0.25, -0.2) is 17.5 Å². The number of benzene rings is 1. The molecule has 6 nitrogen and oxygen atoms in total. The minimum atomic E-state index is -4.58. The van der Waals surface area contributed by atoms with Crippen molar-refractivity contribution in [3.05, 3.63) is 24.0 Å². The van der Waals surface area contributed by atoms with Crippen LogP contribution in [0.5, 0.6) is 5.75 Å². The largest absolute Gasteiger partial charge is 0.494 e. The van der Waals surface area contributed by atoms with Crippen LogP contribution in [-0.4, -0.2) is 65.4 Å². The molecule has 0 bridgehead atoms. The van der Waals surface area contributed by atoms with E-state index in [9.17, 15) is 26.0 Å². The van der Waals surface area contributed by atoms with E-state index in [-0.39, 0.29) is 23.7 Å². The van der Waals surface area contributed by atoms with Gasteiger partial charge in [-0.1, -0.05) is 0 Å². The first-order valence-electron chi connectivity index (χ1n) is 7.50. The maximum absolute atomic E-state index is 13.4.